The van der Waals surface area contributed by atoms with Crippen LogP contribution in [-0.2, 0) is 11.2 Å². The summed E-state index contributed by atoms with van der Waals surface area (Å²) in [6.45, 7) is 5.18. The number of likely N-dealkylation sites (N-methyl/N-ethyl adjacent to an activating group) is 1. The Labute approximate surface area is 128 Å². The van der Waals surface area contributed by atoms with E-state index in [0.717, 1.165) is 44.0 Å². The van der Waals surface area contributed by atoms with Gasteiger partial charge >= 0.3 is 0 Å². The molecule has 21 heavy (non-hydrogen) atoms. The highest BCUT2D eigenvalue weighted by Gasteiger charge is 2.52. The standard InChI is InChI=1S/C18H28N2O/c1-20(11-9-19-10-12-21-2)13-17-16-8-7-14-5-3-4-6-15(14)18(16)17/h3-6,16-19H,7-13H2,1-2H3. The molecule has 3 heteroatoms. The van der Waals surface area contributed by atoms with Crippen molar-refractivity contribution in [1.82, 2.24) is 10.2 Å². The molecule has 0 radical (unpaired) electrons. The predicted octanol–water partition coefficient (Wildman–Crippen LogP) is 2.13. The van der Waals surface area contributed by atoms with Crippen LogP contribution in [0.1, 0.15) is 23.5 Å². The molecule has 1 aromatic rings. The highest BCUT2D eigenvalue weighted by atomic mass is 16.5. The molecule has 0 bridgehead atoms. The van der Waals surface area contributed by atoms with E-state index in [9.17, 15) is 0 Å². The van der Waals surface area contributed by atoms with Crippen molar-refractivity contribution >= 4 is 0 Å². The molecule has 1 saturated carbocycles. The van der Waals surface area contributed by atoms with Crippen molar-refractivity contribution in [1.29, 1.82) is 0 Å². The van der Waals surface area contributed by atoms with Gasteiger partial charge < -0.3 is 15.0 Å². The molecular formula is C18H28N2O. The number of ether oxygens (including phenoxy) is 1. The van der Waals surface area contributed by atoms with Gasteiger partial charge in [0.2, 0.25) is 0 Å². The van der Waals surface area contributed by atoms with Crippen LogP contribution in [0.3, 0.4) is 0 Å². The lowest BCUT2D eigenvalue weighted by molar-refractivity contribution is 0.197. The number of benzene rings is 1. The number of hydrogen-bond acceptors (Lipinski definition) is 3. The molecule has 2 aliphatic rings. The molecule has 0 heterocycles. The first-order chi connectivity index (χ1) is 10.3. The first kappa shape index (κ1) is 15.0. The summed E-state index contributed by atoms with van der Waals surface area (Å²) in [6, 6.07) is 9.08. The van der Waals surface area contributed by atoms with E-state index in [4.69, 9.17) is 4.74 Å². The zero-order chi connectivity index (χ0) is 14.7. The molecule has 1 fully saturated rings. The second kappa shape index (κ2) is 6.91. The molecule has 0 aliphatic heterocycles. The van der Waals surface area contributed by atoms with Crippen LogP contribution in [-0.4, -0.2) is 51.8 Å². The van der Waals surface area contributed by atoms with Gasteiger partial charge in [-0.25, -0.2) is 0 Å². The molecule has 1 aromatic carbocycles. The summed E-state index contributed by atoms with van der Waals surface area (Å²) in [5, 5.41) is 3.42. The molecule has 116 valence electrons. The SMILES string of the molecule is COCCNCCN(C)CC1C2CCc3ccccc3C21. The van der Waals surface area contributed by atoms with Crippen LogP contribution < -0.4 is 5.32 Å². The molecule has 0 aromatic heterocycles. The Morgan fingerprint density at radius 3 is 3.00 bits per heavy atom. The van der Waals surface area contributed by atoms with Gasteiger partial charge in [0.1, 0.15) is 0 Å². The third kappa shape index (κ3) is 3.47. The Bertz CT molecular complexity index is 462. The van der Waals surface area contributed by atoms with Gasteiger partial charge in [-0.2, -0.15) is 0 Å². The van der Waals surface area contributed by atoms with Crippen molar-refractivity contribution < 1.29 is 4.74 Å². The van der Waals surface area contributed by atoms with Crippen molar-refractivity contribution in [3.63, 3.8) is 0 Å². The lowest BCUT2D eigenvalue weighted by Crippen LogP contribution is -2.32. The Balaban J connectivity index is 1.43. The second-order valence-corrected chi connectivity index (χ2v) is 6.60. The lowest BCUT2D eigenvalue weighted by Gasteiger charge is -2.17. The van der Waals surface area contributed by atoms with E-state index in [-0.39, 0.29) is 0 Å². The largest absolute Gasteiger partial charge is 0.383 e. The van der Waals surface area contributed by atoms with E-state index in [1.165, 1.54) is 19.4 Å². The first-order valence-corrected chi connectivity index (χ1v) is 8.27. The maximum atomic E-state index is 5.04. The molecule has 3 rings (SSSR count). The van der Waals surface area contributed by atoms with Crippen molar-refractivity contribution in [2.75, 3.05) is 46.9 Å². The molecule has 0 spiro atoms. The zero-order valence-electron chi connectivity index (χ0n) is 13.3. The fourth-order valence-corrected chi connectivity index (χ4v) is 3.98. The summed E-state index contributed by atoms with van der Waals surface area (Å²) < 4.78 is 5.04. The van der Waals surface area contributed by atoms with Gasteiger partial charge in [-0.3, -0.25) is 0 Å². The molecular weight excluding hydrogens is 260 g/mol. The highest BCUT2D eigenvalue weighted by Crippen LogP contribution is 2.59. The fourth-order valence-electron chi connectivity index (χ4n) is 3.98. The van der Waals surface area contributed by atoms with Gasteiger partial charge in [0.15, 0.2) is 0 Å². The molecule has 0 amide bonds. The van der Waals surface area contributed by atoms with Gasteiger partial charge in [-0.1, -0.05) is 24.3 Å². The maximum Gasteiger partial charge on any atom is 0.0587 e. The third-order valence-corrected chi connectivity index (χ3v) is 5.17. The van der Waals surface area contributed by atoms with E-state index in [1.54, 1.807) is 18.2 Å². The van der Waals surface area contributed by atoms with Crippen LogP contribution in [0.25, 0.3) is 0 Å². The number of fused-ring (bicyclic) bond motifs is 3. The van der Waals surface area contributed by atoms with Crippen molar-refractivity contribution in [2.24, 2.45) is 11.8 Å². The Hall–Kier alpha value is -0.900. The monoisotopic (exact) mass is 288 g/mol. The van der Waals surface area contributed by atoms with E-state index < -0.39 is 0 Å². The molecule has 0 saturated heterocycles. The quantitative estimate of drug-likeness (QED) is 0.742. The Kier molecular flexibility index (Phi) is 4.94. The minimum atomic E-state index is 0.799. The van der Waals surface area contributed by atoms with Crippen LogP contribution in [0.15, 0.2) is 24.3 Å². The predicted molar refractivity (Wildman–Crippen MR) is 86.7 cm³/mol. The molecule has 1 N–H and O–H groups in total. The number of aryl methyl sites for hydroxylation is 1. The number of nitrogens with zero attached hydrogens (tertiary/aromatic N) is 1. The normalized spacial score (nSPS) is 26.5. The third-order valence-electron chi connectivity index (χ3n) is 5.17. The summed E-state index contributed by atoms with van der Waals surface area (Å²) in [5.41, 5.74) is 3.25. The number of methoxy groups -OCH3 is 1. The van der Waals surface area contributed by atoms with Crippen LogP contribution in [0, 0.1) is 11.8 Å². The van der Waals surface area contributed by atoms with Crippen LogP contribution in [0.4, 0.5) is 0 Å². The summed E-state index contributed by atoms with van der Waals surface area (Å²) in [5.74, 6) is 2.68. The molecule has 3 unspecified atom stereocenters. The minimum Gasteiger partial charge on any atom is -0.383 e. The summed E-state index contributed by atoms with van der Waals surface area (Å²) in [6.07, 6.45) is 2.68. The Morgan fingerprint density at radius 1 is 1.29 bits per heavy atom. The second-order valence-electron chi connectivity index (χ2n) is 6.60. The molecule has 2 aliphatic carbocycles. The number of hydrogen-bond donors (Lipinski definition) is 1. The number of nitrogens with one attached hydrogen (secondary N) is 1. The number of rotatable bonds is 8. The van der Waals surface area contributed by atoms with Crippen molar-refractivity contribution in [3.8, 4) is 0 Å². The van der Waals surface area contributed by atoms with Crippen molar-refractivity contribution in [3.05, 3.63) is 35.4 Å². The fraction of sp³-hybridized carbons (Fsp3) is 0.667. The smallest absolute Gasteiger partial charge is 0.0587 e. The molecule has 3 atom stereocenters. The Morgan fingerprint density at radius 2 is 2.14 bits per heavy atom. The van der Waals surface area contributed by atoms with Gasteiger partial charge in [-0.05, 0) is 48.8 Å². The zero-order valence-corrected chi connectivity index (χ0v) is 13.3. The van der Waals surface area contributed by atoms with E-state index in [0.29, 0.717) is 0 Å². The van der Waals surface area contributed by atoms with Crippen molar-refractivity contribution in [2.45, 2.75) is 18.8 Å². The van der Waals surface area contributed by atoms with Gasteiger partial charge in [-0.15, -0.1) is 0 Å². The summed E-state index contributed by atoms with van der Waals surface area (Å²) in [7, 11) is 4.01. The summed E-state index contributed by atoms with van der Waals surface area (Å²) in [4.78, 5) is 2.49. The first-order valence-electron chi connectivity index (χ1n) is 8.27. The average Bonchev–Trinajstić information content (AvgIpc) is 3.20. The van der Waals surface area contributed by atoms with Crippen LogP contribution in [0.2, 0.25) is 0 Å². The van der Waals surface area contributed by atoms with Gasteiger partial charge in [0.25, 0.3) is 0 Å². The minimum absolute atomic E-state index is 0.799. The van der Waals surface area contributed by atoms with Gasteiger partial charge in [0.05, 0.1) is 6.61 Å². The van der Waals surface area contributed by atoms with E-state index in [2.05, 4.69) is 41.5 Å². The van der Waals surface area contributed by atoms with E-state index >= 15 is 0 Å². The molecule has 3 nitrogen and oxygen atoms in total. The maximum absolute atomic E-state index is 5.04. The van der Waals surface area contributed by atoms with Crippen LogP contribution >= 0.6 is 0 Å². The van der Waals surface area contributed by atoms with E-state index in [1.807, 2.05) is 0 Å². The summed E-state index contributed by atoms with van der Waals surface area (Å²) >= 11 is 0. The highest BCUT2D eigenvalue weighted by molar-refractivity contribution is 5.39. The topological polar surface area (TPSA) is 24.5 Å². The average molecular weight is 288 g/mol. The van der Waals surface area contributed by atoms with Gasteiger partial charge in [0, 0.05) is 33.3 Å². The van der Waals surface area contributed by atoms with Crippen LogP contribution in [0.5, 0.6) is 0 Å². The lowest BCUT2D eigenvalue weighted by atomic mass is 9.92.